The van der Waals surface area contributed by atoms with Gasteiger partial charge in [0, 0.05) is 15.6 Å². The average molecular weight is 410 g/mol. The molecule has 0 bridgehead atoms. The molecular weight excluding hydrogens is 389 g/mol. The Labute approximate surface area is 168 Å². The Bertz CT molecular complexity index is 825. The molecule has 2 rings (SSSR count). The number of halogens is 2. The van der Waals surface area contributed by atoms with Crippen molar-refractivity contribution in [1.29, 1.82) is 0 Å². The topological polar surface area (TPSA) is 64.6 Å². The Morgan fingerprint density at radius 1 is 1.11 bits per heavy atom. The first kappa shape index (κ1) is 21.1. The molecule has 0 unspecified atom stereocenters. The van der Waals surface area contributed by atoms with Crippen LogP contribution in [0, 0.1) is 0 Å². The fraction of sp³-hybridized carbons (Fsp3) is 0.300. The van der Waals surface area contributed by atoms with Crippen molar-refractivity contribution in [3.05, 3.63) is 63.6 Å². The minimum atomic E-state index is -0.944. The number of amides is 1. The van der Waals surface area contributed by atoms with E-state index in [0.717, 1.165) is 5.56 Å². The van der Waals surface area contributed by atoms with Gasteiger partial charge in [-0.2, -0.15) is 0 Å². The van der Waals surface area contributed by atoms with Gasteiger partial charge in [0.1, 0.15) is 5.75 Å². The van der Waals surface area contributed by atoms with Gasteiger partial charge in [-0.15, -0.1) is 0 Å². The van der Waals surface area contributed by atoms with Crippen LogP contribution in [-0.4, -0.2) is 25.1 Å². The van der Waals surface area contributed by atoms with Gasteiger partial charge in [-0.1, -0.05) is 47.5 Å². The molecule has 0 saturated heterocycles. The van der Waals surface area contributed by atoms with E-state index in [1.165, 1.54) is 14.0 Å². The van der Waals surface area contributed by atoms with Crippen LogP contribution in [-0.2, 0) is 20.7 Å². The summed E-state index contributed by atoms with van der Waals surface area (Å²) in [7, 11) is 1.53. The Hall–Kier alpha value is -2.24. The number of carbonyl (C=O) groups is 2. The number of ether oxygens (including phenoxy) is 2. The van der Waals surface area contributed by atoms with E-state index < -0.39 is 18.0 Å². The van der Waals surface area contributed by atoms with Crippen LogP contribution >= 0.6 is 23.2 Å². The lowest BCUT2D eigenvalue weighted by atomic mass is 10.1. The largest absolute Gasteiger partial charge is 0.496 e. The number of methoxy groups -OCH3 is 1. The number of carbonyl (C=O) groups excluding carboxylic acids is 2. The second-order valence-corrected chi connectivity index (χ2v) is 6.86. The number of nitrogens with one attached hydrogen (secondary N) is 1. The molecule has 2 aromatic carbocycles. The van der Waals surface area contributed by atoms with Crippen molar-refractivity contribution in [2.45, 2.75) is 32.4 Å². The summed E-state index contributed by atoms with van der Waals surface area (Å²) in [5.41, 5.74) is 1.42. The molecule has 0 aliphatic carbocycles. The molecule has 2 atom stereocenters. The molecule has 5 nitrogen and oxygen atoms in total. The molecule has 0 radical (unpaired) electrons. The SMILES string of the molecule is COc1ccccc1CC(=O)O[C@H](C)C(=O)N[C@H](C)c1ccc(Cl)cc1Cl. The Morgan fingerprint density at radius 2 is 1.81 bits per heavy atom. The average Bonchev–Trinajstić information content (AvgIpc) is 2.61. The summed E-state index contributed by atoms with van der Waals surface area (Å²) in [4.78, 5) is 24.5. The van der Waals surface area contributed by atoms with E-state index in [0.29, 0.717) is 21.4 Å². The maximum Gasteiger partial charge on any atom is 0.311 e. The van der Waals surface area contributed by atoms with Gasteiger partial charge in [-0.3, -0.25) is 9.59 Å². The molecule has 7 heteroatoms. The number of esters is 1. The molecule has 144 valence electrons. The van der Waals surface area contributed by atoms with Crippen molar-refractivity contribution in [3.8, 4) is 5.75 Å². The zero-order valence-corrected chi connectivity index (χ0v) is 16.8. The first-order valence-electron chi connectivity index (χ1n) is 8.38. The number of rotatable bonds is 7. The van der Waals surface area contributed by atoms with Crippen LogP contribution in [0.4, 0.5) is 0 Å². The second-order valence-electron chi connectivity index (χ2n) is 6.02. The summed E-state index contributed by atoms with van der Waals surface area (Å²) < 4.78 is 10.5. The fourth-order valence-electron chi connectivity index (χ4n) is 2.56. The highest BCUT2D eigenvalue weighted by Crippen LogP contribution is 2.26. The van der Waals surface area contributed by atoms with Gasteiger partial charge in [0.05, 0.1) is 19.6 Å². The third-order valence-electron chi connectivity index (χ3n) is 3.99. The summed E-state index contributed by atoms with van der Waals surface area (Å²) in [6.07, 6.45) is -0.930. The second kappa shape index (κ2) is 9.62. The zero-order chi connectivity index (χ0) is 20.0. The number of para-hydroxylation sites is 1. The van der Waals surface area contributed by atoms with Crippen molar-refractivity contribution in [2.75, 3.05) is 7.11 Å². The first-order valence-corrected chi connectivity index (χ1v) is 9.14. The molecule has 1 N–H and O–H groups in total. The molecular formula is C20H21Cl2NO4. The van der Waals surface area contributed by atoms with E-state index >= 15 is 0 Å². The van der Waals surface area contributed by atoms with Gasteiger partial charge in [-0.25, -0.2) is 0 Å². The molecule has 2 aromatic rings. The summed E-state index contributed by atoms with van der Waals surface area (Å²) >= 11 is 12.0. The van der Waals surface area contributed by atoms with E-state index in [2.05, 4.69) is 5.32 Å². The zero-order valence-electron chi connectivity index (χ0n) is 15.3. The van der Waals surface area contributed by atoms with Crippen molar-refractivity contribution >= 4 is 35.1 Å². The minimum Gasteiger partial charge on any atom is -0.496 e. The van der Waals surface area contributed by atoms with E-state index in [-0.39, 0.29) is 12.5 Å². The Morgan fingerprint density at radius 3 is 2.48 bits per heavy atom. The van der Waals surface area contributed by atoms with Crippen LogP contribution in [0.25, 0.3) is 0 Å². The lowest BCUT2D eigenvalue weighted by molar-refractivity contribution is -0.154. The molecule has 1 amide bonds. The van der Waals surface area contributed by atoms with E-state index in [1.807, 2.05) is 6.07 Å². The van der Waals surface area contributed by atoms with E-state index in [1.54, 1.807) is 43.3 Å². The lowest BCUT2D eigenvalue weighted by Crippen LogP contribution is -2.37. The molecule has 0 aliphatic heterocycles. The predicted octanol–water partition coefficient (Wildman–Crippen LogP) is 4.35. The molecule has 0 heterocycles. The van der Waals surface area contributed by atoms with Crippen molar-refractivity contribution in [1.82, 2.24) is 5.32 Å². The van der Waals surface area contributed by atoms with Gasteiger partial charge in [0.25, 0.3) is 5.91 Å². The third-order valence-corrected chi connectivity index (χ3v) is 4.55. The molecule has 0 aromatic heterocycles. The van der Waals surface area contributed by atoms with Gasteiger partial charge in [-0.05, 0) is 37.6 Å². The molecule has 27 heavy (non-hydrogen) atoms. The Kier molecular flexibility index (Phi) is 7.51. The summed E-state index contributed by atoms with van der Waals surface area (Å²) in [6.45, 7) is 3.31. The molecule has 0 spiro atoms. The smallest absolute Gasteiger partial charge is 0.311 e. The van der Waals surface area contributed by atoms with Crippen molar-refractivity contribution in [3.63, 3.8) is 0 Å². The van der Waals surface area contributed by atoms with Crippen LogP contribution in [0.3, 0.4) is 0 Å². The number of hydrogen-bond acceptors (Lipinski definition) is 4. The molecule has 0 saturated carbocycles. The van der Waals surface area contributed by atoms with E-state index in [4.69, 9.17) is 32.7 Å². The third kappa shape index (κ3) is 5.88. The van der Waals surface area contributed by atoms with Crippen LogP contribution in [0.2, 0.25) is 10.0 Å². The maximum atomic E-state index is 12.3. The van der Waals surface area contributed by atoms with Gasteiger partial charge in [0.15, 0.2) is 6.10 Å². The molecule has 0 fully saturated rings. The van der Waals surface area contributed by atoms with Gasteiger partial charge >= 0.3 is 5.97 Å². The summed E-state index contributed by atoms with van der Waals surface area (Å²) in [5.74, 6) is -0.334. The number of hydrogen-bond donors (Lipinski definition) is 1. The highest BCUT2D eigenvalue weighted by molar-refractivity contribution is 6.35. The Balaban J connectivity index is 1.93. The lowest BCUT2D eigenvalue weighted by Gasteiger charge is -2.19. The van der Waals surface area contributed by atoms with Gasteiger partial charge < -0.3 is 14.8 Å². The van der Waals surface area contributed by atoms with Crippen LogP contribution in [0.1, 0.15) is 31.0 Å². The predicted molar refractivity (Wildman–Crippen MR) is 105 cm³/mol. The van der Waals surface area contributed by atoms with Crippen molar-refractivity contribution in [2.24, 2.45) is 0 Å². The monoisotopic (exact) mass is 409 g/mol. The minimum absolute atomic E-state index is 0.0141. The van der Waals surface area contributed by atoms with Crippen LogP contribution < -0.4 is 10.1 Å². The normalized spacial score (nSPS) is 12.8. The fourth-order valence-corrected chi connectivity index (χ4v) is 3.13. The van der Waals surface area contributed by atoms with Crippen LogP contribution in [0.15, 0.2) is 42.5 Å². The first-order chi connectivity index (χ1) is 12.8. The number of benzene rings is 2. The highest BCUT2D eigenvalue weighted by Gasteiger charge is 2.21. The molecule has 0 aliphatic rings. The highest BCUT2D eigenvalue weighted by atomic mass is 35.5. The van der Waals surface area contributed by atoms with Crippen LogP contribution in [0.5, 0.6) is 5.75 Å². The van der Waals surface area contributed by atoms with E-state index in [9.17, 15) is 9.59 Å². The van der Waals surface area contributed by atoms with Gasteiger partial charge in [0.2, 0.25) is 0 Å². The van der Waals surface area contributed by atoms with Crippen molar-refractivity contribution < 1.29 is 19.1 Å². The summed E-state index contributed by atoms with van der Waals surface area (Å²) in [5, 5.41) is 3.75. The summed E-state index contributed by atoms with van der Waals surface area (Å²) in [6, 6.07) is 11.8. The quantitative estimate of drug-likeness (QED) is 0.690. The standard InChI is InChI=1S/C20H21Cl2NO4/c1-12(16-9-8-15(21)11-17(16)22)23-20(25)13(2)27-19(24)10-14-6-4-5-7-18(14)26-3/h4-9,11-13H,10H2,1-3H3,(H,23,25)/t12-,13-/m1/s1. The maximum absolute atomic E-state index is 12.3.